The second-order valence-corrected chi connectivity index (χ2v) is 3.49. The lowest BCUT2D eigenvalue weighted by Crippen LogP contribution is -2.35. The SMILES string of the molecule is CC(Oc1ccc(O)cc1)C(=O)N(C)C. The van der Waals surface area contributed by atoms with E-state index >= 15 is 0 Å². The molecule has 1 N–H and O–H groups in total. The number of amides is 1. The topological polar surface area (TPSA) is 49.8 Å². The Labute approximate surface area is 89.1 Å². The number of nitrogens with zero attached hydrogens (tertiary/aromatic N) is 1. The van der Waals surface area contributed by atoms with Crippen molar-refractivity contribution in [1.29, 1.82) is 0 Å². The predicted molar refractivity (Wildman–Crippen MR) is 56.9 cm³/mol. The molecule has 1 rings (SSSR count). The number of carbonyl (C=O) groups excluding carboxylic acids is 1. The van der Waals surface area contributed by atoms with Gasteiger partial charge in [-0.2, -0.15) is 0 Å². The quantitative estimate of drug-likeness (QED) is 0.815. The molecule has 1 unspecified atom stereocenters. The van der Waals surface area contributed by atoms with Crippen molar-refractivity contribution < 1.29 is 14.6 Å². The summed E-state index contributed by atoms with van der Waals surface area (Å²) < 4.78 is 5.39. The first kappa shape index (κ1) is 11.4. The molecule has 1 aromatic carbocycles. The molecule has 0 aliphatic rings. The number of rotatable bonds is 3. The van der Waals surface area contributed by atoms with Gasteiger partial charge in [0.2, 0.25) is 0 Å². The molecule has 82 valence electrons. The average molecular weight is 209 g/mol. The molecule has 0 radical (unpaired) electrons. The zero-order chi connectivity index (χ0) is 11.4. The molecule has 15 heavy (non-hydrogen) atoms. The van der Waals surface area contributed by atoms with E-state index in [2.05, 4.69) is 0 Å². The molecule has 0 aromatic heterocycles. The Morgan fingerprint density at radius 2 is 1.87 bits per heavy atom. The third kappa shape index (κ3) is 3.16. The van der Waals surface area contributed by atoms with E-state index in [9.17, 15) is 4.79 Å². The minimum absolute atomic E-state index is 0.0944. The number of hydrogen-bond donors (Lipinski definition) is 1. The summed E-state index contributed by atoms with van der Waals surface area (Å²) in [5, 5.41) is 9.06. The molecule has 1 atom stereocenters. The van der Waals surface area contributed by atoms with Crippen LogP contribution < -0.4 is 4.74 Å². The zero-order valence-corrected chi connectivity index (χ0v) is 9.10. The molecule has 0 bridgehead atoms. The highest BCUT2D eigenvalue weighted by Crippen LogP contribution is 2.17. The number of hydrogen-bond acceptors (Lipinski definition) is 3. The Morgan fingerprint density at radius 1 is 1.33 bits per heavy atom. The van der Waals surface area contributed by atoms with E-state index in [1.807, 2.05) is 0 Å². The van der Waals surface area contributed by atoms with Gasteiger partial charge in [0.15, 0.2) is 6.10 Å². The lowest BCUT2D eigenvalue weighted by Gasteiger charge is -2.18. The van der Waals surface area contributed by atoms with Gasteiger partial charge in [0.25, 0.3) is 5.91 Å². The van der Waals surface area contributed by atoms with E-state index < -0.39 is 6.10 Å². The van der Waals surface area contributed by atoms with E-state index in [-0.39, 0.29) is 11.7 Å². The molecule has 4 nitrogen and oxygen atoms in total. The standard InChI is InChI=1S/C11H15NO3/c1-8(11(14)12(2)3)15-10-6-4-9(13)5-7-10/h4-8,13H,1-3H3. The molecule has 0 saturated heterocycles. The van der Waals surface area contributed by atoms with Gasteiger partial charge in [-0.15, -0.1) is 0 Å². The van der Waals surface area contributed by atoms with Crippen molar-refractivity contribution in [2.24, 2.45) is 0 Å². The maximum atomic E-state index is 11.5. The molecule has 0 heterocycles. The number of aromatic hydroxyl groups is 1. The Kier molecular flexibility index (Phi) is 3.55. The Hall–Kier alpha value is -1.71. The summed E-state index contributed by atoms with van der Waals surface area (Å²) in [6.45, 7) is 1.69. The van der Waals surface area contributed by atoms with Crippen molar-refractivity contribution in [3.8, 4) is 11.5 Å². The van der Waals surface area contributed by atoms with Crippen LogP contribution in [-0.2, 0) is 4.79 Å². The van der Waals surface area contributed by atoms with Gasteiger partial charge in [-0.3, -0.25) is 4.79 Å². The third-order valence-electron chi connectivity index (χ3n) is 1.94. The first-order chi connectivity index (χ1) is 7.00. The Bertz CT molecular complexity index is 332. The Balaban J connectivity index is 2.62. The maximum absolute atomic E-state index is 11.5. The van der Waals surface area contributed by atoms with Crippen LogP contribution in [0.15, 0.2) is 24.3 Å². The van der Waals surface area contributed by atoms with Gasteiger partial charge in [0, 0.05) is 14.1 Å². The van der Waals surface area contributed by atoms with Crippen LogP contribution in [0.1, 0.15) is 6.92 Å². The van der Waals surface area contributed by atoms with Gasteiger partial charge in [-0.25, -0.2) is 0 Å². The van der Waals surface area contributed by atoms with Crippen LogP contribution in [-0.4, -0.2) is 36.1 Å². The van der Waals surface area contributed by atoms with Crippen molar-refractivity contribution in [3.63, 3.8) is 0 Å². The molecular weight excluding hydrogens is 194 g/mol. The largest absolute Gasteiger partial charge is 0.508 e. The van der Waals surface area contributed by atoms with Crippen molar-refractivity contribution in [2.75, 3.05) is 14.1 Å². The summed E-state index contributed by atoms with van der Waals surface area (Å²) in [4.78, 5) is 12.9. The molecule has 1 amide bonds. The van der Waals surface area contributed by atoms with Gasteiger partial charge < -0.3 is 14.7 Å². The van der Waals surface area contributed by atoms with Gasteiger partial charge >= 0.3 is 0 Å². The summed E-state index contributed by atoms with van der Waals surface area (Å²) in [6.07, 6.45) is -0.524. The van der Waals surface area contributed by atoms with E-state index in [1.165, 1.54) is 17.0 Å². The lowest BCUT2D eigenvalue weighted by molar-refractivity contribution is -0.135. The summed E-state index contributed by atoms with van der Waals surface area (Å²) >= 11 is 0. The van der Waals surface area contributed by atoms with Crippen LogP contribution in [0.2, 0.25) is 0 Å². The predicted octanol–water partition coefficient (Wildman–Crippen LogP) is 1.25. The third-order valence-corrected chi connectivity index (χ3v) is 1.94. The minimum atomic E-state index is -0.524. The van der Waals surface area contributed by atoms with Crippen molar-refractivity contribution in [3.05, 3.63) is 24.3 Å². The summed E-state index contributed by atoms with van der Waals surface area (Å²) in [5.41, 5.74) is 0. The number of likely N-dealkylation sites (N-methyl/N-ethyl adjacent to an activating group) is 1. The number of phenolic OH excluding ortho intramolecular Hbond substituents is 1. The van der Waals surface area contributed by atoms with E-state index in [4.69, 9.17) is 9.84 Å². The van der Waals surface area contributed by atoms with Gasteiger partial charge in [0.05, 0.1) is 0 Å². The summed E-state index contributed by atoms with van der Waals surface area (Å²) in [5.74, 6) is 0.646. The first-order valence-electron chi connectivity index (χ1n) is 4.67. The highest BCUT2D eigenvalue weighted by molar-refractivity contribution is 5.80. The molecule has 1 aromatic rings. The minimum Gasteiger partial charge on any atom is -0.508 e. The van der Waals surface area contributed by atoms with Crippen LogP contribution >= 0.6 is 0 Å². The summed E-state index contributed by atoms with van der Waals surface area (Å²) in [6, 6.07) is 6.27. The average Bonchev–Trinajstić information content (AvgIpc) is 2.20. The molecule has 0 fully saturated rings. The van der Waals surface area contributed by atoms with E-state index in [1.54, 1.807) is 33.2 Å². The number of benzene rings is 1. The van der Waals surface area contributed by atoms with Crippen molar-refractivity contribution in [1.82, 2.24) is 4.90 Å². The molecule has 4 heteroatoms. The number of ether oxygens (including phenoxy) is 1. The van der Waals surface area contributed by atoms with Crippen molar-refractivity contribution >= 4 is 5.91 Å². The molecule has 0 spiro atoms. The van der Waals surface area contributed by atoms with Crippen LogP contribution in [0.25, 0.3) is 0 Å². The highest BCUT2D eigenvalue weighted by Gasteiger charge is 2.16. The van der Waals surface area contributed by atoms with Gasteiger partial charge in [-0.05, 0) is 31.2 Å². The highest BCUT2D eigenvalue weighted by atomic mass is 16.5. The van der Waals surface area contributed by atoms with E-state index in [0.29, 0.717) is 5.75 Å². The first-order valence-corrected chi connectivity index (χ1v) is 4.67. The fourth-order valence-corrected chi connectivity index (χ4v) is 1.14. The fourth-order valence-electron chi connectivity index (χ4n) is 1.14. The number of phenols is 1. The van der Waals surface area contributed by atoms with Crippen LogP contribution in [0, 0.1) is 0 Å². The fraction of sp³-hybridized carbons (Fsp3) is 0.364. The second kappa shape index (κ2) is 4.68. The number of carbonyl (C=O) groups is 1. The summed E-state index contributed by atoms with van der Waals surface area (Å²) in [7, 11) is 3.36. The zero-order valence-electron chi connectivity index (χ0n) is 9.10. The van der Waals surface area contributed by atoms with Crippen LogP contribution in [0.4, 0.5) is 0 Å². The van der Waals surface area contributed by atoms with Crippen LogP contribution in [0.3, 0.4) is 0 Å². The van der Waals surface area contributed by atoms with Gasteiger partial charge in [-0.1, -0.05) is 0 Å². The second-order valence-electron chi connectivity index (χ2n) is 3.49. The Morgan fingerprint density at radius 3 is 2.33 bits per heavy atom. The monoisotopic (exact) mass is 209 g/mol. The smallest absolute Gasteiger partial charge is 0.262 e. The molecular formula is C11H15NO3. The maximum Gasteiger partial charge on any atom is 0.262 e. The molecule has 0 saturated carbocycles. The van der Waals surface area contributed by atoms with E-state index in [0.717, 1.165) is 0 Å². The molecule has 0 aliphatic heterocycles. The van der Waals surface area contributed by atoms with Crippen LogP contribution in [0.5, 0.6) is 11.5 Å². The van der Waals surface area contributed by atoms with Gasteiger partial charge in [0.1, 0.15) is 11.5 Å². The lowest BCUT2D eigenvalue weighted by atomic mass is 10.3. The normalized spacial score (nSPS) is 11.9. The van der Waals surface area contributed by atoms with Crippen molar-refractivity contribution in [2.45, 2.75) is 13.0 Å². The molecule has 0 aliphatic carbocycles.